The predicted octanol–water partition coefficient (Wildman–Crippen LogP) is 0.374. The highest BCUT2D eigenvalue weighted by Gasteiger charge is 2.26. The van der Waals surface area contributed by atoms with Crippen LogP contribution in [0.2, 0.25) is 0 Å². The van der Waals surface area contributed by atoms with Crippen molar-refractivity contribution in [3.05, 3.63) is 0 Å². The fourth-order valence-electron chi connectivity index (χ4n) is 2.31. The van der Waals surface area contributed by atoms with Gasteiger partial charge >= 0.3 is 0 Å². The van der Waals surface area contributed by atoms with Gasteiger partial charge < -0.3 is 5.32 Å². The van der Waals surface area contributed by atoms with E-state index in [1.165, 1.54) is 0 Å². The average Bonchev–Trinajstić information content (AvgIpc) is 2.79. The zero-order valence-electron chi connectivity index (χ0n) is 14.5. The van der Waals surface area contributed by atoms with Gasteiger partial charge in [-0.05, 0) is 26.7 Å². The smallest absolute Gasteiger partial charge is 0.0246 e. The fourth-order valence-corrected chi connectivity index (χ4v) is 2.31. The first-order valence-corrected chi connectivity index (χ1v) is 5.38. The molecule has 0 aliphatic carbocycles. The molecule has 2 aliphatic heterocycles. The zero-order valence-corrected chi connectivity index (χ0v) is 8.50. The monoisotopic (exact) mass is 203 g/mol. The van der Waals surface area contributed by atoms with E-state index in [2.05, 4.69) is 10.2 Å². The summed E-state index contributed by atoms with van der Waals surface area (Å²) < 4.78 is 45.0. The van der Waals surface area contributed by atoms with Gasteiger partial charge in [0.2, 0.25) is 0 Å². The third kappa shape index (κ3) is 2.27. The van der Waals surface area contributed by atoms with Crippen LogP contribution < -0.4 is 5.32 Å². The fraction of sp³-hybridized carbons (Fsp3) is 1.00. The standard InChI is InChI=1S/C11H23N3/c1-10(2)13-5-7-14(8-6-13)11-3-4-12-9-11/h10-12H,3-9H2,1-2H3/t11-/m0/s1/i1D3,2D3. The Balaban J connectivity index is 1.97. The van der Waals surface area contributed by atoms with Gasteiger partial charge in [-0.3, -0.25) is 9.80 Å². The summed E-state index contributed by atoms with van der Waals surface area (Å²) in [5.74, 6) is 0. The SMILES string of the molecule is [2H]C([2H])([2H])C(N1CCN([C@H]2CCNC2)CC1)C([2H])([2H])[2H]. The van der Waals surface area contributed by atoms with Crippen molar-refractivity contribution < 1.29 is 8.22 Å². The van der Waals surface area contributed by atoms with Crippen LogP contribution in [-0.4, -0.2) is 61.2 Å². The number of nitrogens with one attached hydrogen (secondary N) is 1. The van der Waals surface area contributed by atoms with Gasteiger partial charge in [0.1, 0.15) is 0 Å². The molecule has 1 atom stereocenters. The summed E-state index contributed by atoms with van der Waals surface area (Å²) in [6, 6.07) is -0.838. The van der Waals surface area contributed by atoms with Gasteiger partial charge in [-0.1, -0.05) is 0 Å². The van der Waals surface area contributed by atoms with Gasteiger partial charge in [-0.15, -0.1) is 0 Å². The van der Waals surface area contributed by atoms with Crippen LogP contribution in [0.15, 0.2) is 0 Å². The Hall–Kier alpha value is -0.120. The van der Waals surface area contributed by atoms with Crippen LogP contribution in [0.4, 0.5) is 0 Å². The van der Waals surface area contributed by atoms with Gasteiger partial charge in [0.15, 0.2) is 0 Å². The van der Waals surface area contributed by atoms with E-state index in [0.29, 0.717) is 19.1 Å². The van der Waals surface area contributed by atoms with Gasteiger partial charge in [0.05, 0.1) is 0 Å². The summed E-state index contributed by atoms with van der Waals surface area (Å²) in [6.45, 7) is -0.426. The second-order valence-corrected chi connectivity index (χ2v) is 4.12. The van der Waals surface area contributed by atoms with E-state index in [1.54, 1.807) is 4.90 Å². The largest absolute Gasteiger partial charge is 0.315 e. The van der Waals surface area contributed by atoms with Gasteiger partial charge in [-0.2, -0.15) is 0 Å². The van der Waals surface area contributed by atoms with Crippen molar-refractivity contribution in [1.82, 2.24) is 15.1 Å². The molecule has 2 rings (SSSR count). The highest BCUT2D eigenvalue weighted by atomic mass is 15.3. The minimum absolute atomic E-state index is 0.510. The Kier molecular flexibility index (Phi) is 1.74. The molecule has 82 valence electrons. The average molecular weight is 203 g/mol. The van der Waals surface area contributed by atoms with Gasteiger partial charge in [0, 0.05) is 53.0 Å². The van der Waals surface area contributed by atoms with Crippen molar-refractivity contribution in [3.63, 3.8) is 0 Å². The molecule has 0 amide bonds. The van der Waals surface area contributed by atoms with E-state index < -0.39 is 19.7 Å². The van der Waals surface area contributed by atoms with E-state index in [1.807, 2.05) is 0 Å². The van der Waals surface area contributed by atoms with E-state index >= 15 is 0 Å². The maximum absolute atomic E-state index is 7.51. The Morgan fingerprint density at radius 2 is 2.07 bits per heavy atom. The third-order valence-corrected chi connectivity index (χ3v) is 3.26. The normalized spacial score (nSPS) is 39.6. The lowest BCUT2D eigenvalue weighted by Crippen LogP contribution is -2.52. The number of nitrogens with zero attached hydrogens (tertiary/aromatic N) is 2. The van der Waals surface area contributed by atoms with E-state index in [0.717, 1.165) is 32.6 Å². The molecular formula is C11H23N3. The molecule has 2 aliphatic rings. The lowest BCUT2D eigenvalue weighted by Gasteiger charge is -2.39. The Bertz CT molecular complexity index is 301. The quantitative estimate of drug-likeness (QED) is 0.700. The van der Waals surface area contributed by atoms with Crippen LogP contribution >= 0.6 is 0 Å². The Labute approximate surface area is 95.9 Å². The van der Waals surface area contributed by atoms with Crippen molar-refractivity contribution in [2.24, 2.45) is 0 Å². The summed E-state index contributed by atoms with van der Waals surface area (Å²) in [7, 11) is 0. The summed E-state index contributed by atoms with van der Waals surface area (Å²) in [5.41, 5.74) is 0. The molecule has 3 nitrogen and oxygen atoms in total. The molecule has 2 fully saturated rings. The molecular weight excluding hydrogens is 174 g/mol. The van der Waals surface area contributed by atoms with Crippen molar-refractivity contribution in [2.45, 2.75) is 32.2 Å². The lowest BCUT2D eigenvalue weighted by atomic mass is 10.1. The maximum Gasteiger partial charge on any atom is 0.0246 e. The molecule has 0 saturated carbocycles. The number of hydrogen-bond acceptors (Lipinski definition) is 3. The van der Waals surface area contributed by atoms with Crippen molar-refractivity contribution in [2.75, 3.05) is 39.3 Å². The van der Waals surface area contributed by atoms with Crippen LogP contribution in [0.25, 0.3) is 0 Å². The van der Waals surface area contributed by atoms with Crippen LogP contribution in [0, 0.1) is 0 Å². The van der Waals surface area contributed by atoms with Gasteiger partial charge in [0.25, 0.3) is 0 Å². The molecule has 2 saturated heterocycles. The summed E-state index contributed by atoms with van der Waals surface area (Å²) in [6.07, 6.45) is 1.11. The molecule has 2 heterocycles. The second-order valence-electron chi connectivity index (χ2n) is 4.12. The summed E-state index contributed by atoms with van der Waals surface area (Å²) >= 11 is 0. The summed E-state index contributed by atoms with van der Waals surface area (Å²) in [5, 5.41) is 3.32. The topological polar surface area (TPSA) is 18.5 Å². The number of hydrogen-bond donors (Lipinski definition) is 1. The van der Waals surface area contributed by atoms with Crippen LogP contribution in [0.3, 0.4) is 0 Å². The first kappa shape index (κ1) is 5.28. The molecule has 0 spiro atoms. The van der Waals surface area contributed by atoms with Crippen LogP contribution in [0.1, 0.15) is 28.3 Å². The van der Waals surface area contributed by atoms with E-state index in [9.17, 15) is 0 Å². The molecule has 0 unspecified atom stereocenters. The van der Waals surface area contributed by atoms with Crippen molar-refractivity contribution in [3.8, 4) is 0 Å². The lowest BCUT2D eigenvalue weighted by molar-refractivity contribution is 0.0838. The van der Waals surface area contributed by atoms with Crippen molar-refractivity contribution >= 4 is 0 Å². The van der Waals surface area contributed by atoms with E-state index in [-0.39, 0.29) is 0 Å². The molecule has 0 radical (unpaired) electrons. The molecule has 3 heteroatoms. The first-order valence-electron chi connectivity index (χ1n) is 8.38. The molecule has 14 heavy (non-hydrogen) atoms. The summed E-state index contributed by atoms with van der Waals surface area (Å²) in [4.78, 5) is 3.96. The van der Waals surface area contributed by atoms with E-state index in [4.69, 9.17) is 8.22 Å². The second kappa shape index (κ2) is 4.60. The first-order chi connectivity index (χ1) is 9.19. The molecule has 1 N–H and O–H groups in total. The predicted molar refractivity (Wildman–Crippen MR) is 59.6 cm³/mol. The molecule has 0 aromatic rings. The minimum atomic E-state index is -2.47. The van der Waals surface area contributed by atoms with Crippen molar-refractivity contribution in [1.29, 1.82) is 0 Å². The number of rotatable bonds is 2. The van der Waals surface area contributed by atoms with Gasteiger partial charge in [-0.25, -0.2) is 0 Å². The Morgan fingerprint density at radius 1 is 1.29 bits per heavy atom. The molecule has 0 aromatic heterocycles. The van der Waals surface area contributed by atoms with Crippen LogP contribution in [0.5, 0.6) is 0 Å². The number of piperazine rings is 1. The minimum Gasteiger partial charge on any atom is -0.315 e. The highest BCUT2D eigenvalue weighted by Crippen LogP contribution is 2.13. The molecule has 0 aromatic carbocycles. The van der Waals surface area contributed by atoms with Crippen LogP contribution in [-0.2, 0) is 0 Å². The Morgan fingerprint density at radius 3 is 2.64 bits per heavy atom. The zero-order chi connectivity index (χ0) is 15.0. The highest BCUT2D eigenvalue weighted by molar-refractivity contribution is 4.84. The molecule has 0 bridgehead atoms. The maximum atomic E-state index is 7.51. The third-order valence-electron chi connectivity index (χ3n) is 3.26.